The number of rotatable bonds is 2. The molecule has 2 N–H and O–H groups in total. The molecule has 0 aliphatic carbocycles. The molecule has 2 aromatic rings. The Labute approximate surface area is 125 Å². The van der Waals surface area contributed by atoms with Crippen molar-refractivity contribution in [2.75, 3.05) is 6.61 Å². The molecule has 1 aliphatic heterocycles. The molecule has 0 aromatic carbocycles. The molecular weight excluding hydrogens is 296 g/mol. The van der Waals surface area contributed by atoms with E-state index in [0.29, 0.717) is 16.9 Å². The summed E-state index contributed by atoms with van der Waals surface area (Å²) in [4.78, 5) is 12.4. The van der Waals surface area contributed by atoms with Crippen molar-refractivity contribution >= 4 is 22.8 Å². The van der Waals surface area contributed by atoms with Crippen LogP contribution in [0, 0.1) is 19.3 Å². The first-order chi connectivity index (χ1) is 10.0. The Morgan fingerprint density at radius 2 is 2.38 bits per heavy atom. The molecule has 0 radical (unpaired) electrons. The monoisotopic (exact) mass is 308 g/mol. The van der Waals surface area contributed by atoms with Crippen LogP contribution in [0.1, 0.15) is 18.3 Å². The molecule has 21 heavy (non-hydrogen) atoms. The van der Waals surface area contributed by atoms with E-state index in [9.17, 15) is 10.2 Å². The lowest BCUT2D eigenvalue weighted by Gasteiger charge is -2.23. The van der Waals surface area contributed by atoms with Crippen molar-refractivity contribution in [1.29, 1.82) is 0 Å². The van der Waals surface area contributed by atoms with Crippen molar-refractivity contribution in [2.24, 2.45) is 0 Å². The summed E-state index contributed by atoms with van der Waals surface area (Å²) in [6.45, 7) is 1.31. The molecule has 2 aromatic heterocycles. The van der Waals surface area contributed by atoms with Gasteiger partial charge in [-0.25, -0.2) is 9.97 Å². The summed E-state index contributed by atoms with van der Waals surface area (Å²) in [7, 11) is 0. The van der Waals surface area contributed by atoms with Gasteiger partial charge in [0, 0.05) is 6.42 Å². The maximum absolute atomic E-state index is 10.1. The van der Waals surface area contributed by atoms with Crippen LogP contribution in [0.15, 0.2) is 6.33 Å². The number of aryl methyl sites for hydroxylation is 1. The number of imidazole rings is 1. The number of aliphatic hydroxyl groups is 2. The summed E-state index contributed by atoms with van der Waals surface area (Å²) < 4.78 is 7.31. The Morgan fingerprint density at radius 1 is 1.62 bits per heavy atom. The van der Waals surface area contributed by atoms with Crippen molar-refractivity contribution in [3.05, 3.63) is 17.3 Å². The maximum Gasteiger partial charge on any atom is 0.224 e. The number of hydrogen-bond acceptors (Lipinski definition) is 6. The van der Waals surface area contributed by atoms with Gasteiger partial charge in [0.1, 0.15) is 17.8 Å². The fourth-order valence-electron chi connectivity index (χ4n) is 2.47. The number of hydrogen-bond donors (Lipinski definition) is 2. The van der Waals surface area contributed by atoms with E-state index in [2.05, 4.69) is 20.9 Å². The van der Waals surface area contributed by atoms with Crippen LogP contribution in [-0.4, -0.2) is 48.0 Å². The van der Waals surface area contributed by atoms with Gasteiger partial charge in [-0.3, -0.25) is 4.57 Å². The standard InChI is InChI=1S/C13H13ClN4O3/c1-3-13(5-19)8(20)4-9(21-13)18-6-15-10-7(2)16-12(14)17-11(10)18/h1,6,8-9,19-20H,4-5H2,2H3/t8-,9+,13+/m0/s1. The van der Waals surface area contributed by atoms with E-state index in [1.807, 2.05) is 0 Å². The molecule has 1 saturated heterocycles. The first-order valence-corrected chi connectivity index (χ1v) is 6.69. The first kappa shape index (κ1) is 14.2. The Hall–Kier alpha value is -1.72. The van der Waals surface area contributed by atoms with E-state index in [1.54, 1.807) is 11.5 Å². The molecule has 3 rings (SSSR count). The molecule has 1 fully saturated rings. The SMILES string of the molecule is C#C[C@]1(CO)O[C@@H](n2cnc3c(C)nc(Cl)nc32)C[C@@H]1O. The quantitative estimate of drug-likeness (QED) is 0.617. The number of nitrogens with zero attached hydrogens (tertiary/aromatic N) is 4. The van der Waals surface area contributed by atoms with Gasteiger partial charge in [-0.1, -0.05) is 5.92 Å². The zero-order valence-corrected chi connectivity index (χ0v) is 11.9. The Bertz CT molecular complexity index is 741. The van der Waals surface area contributed by atoms with Gasteiger partial charge in [-0.2, -0.15) is 4.98 Å². The van der Waals surface area contributed by atoms with E-state index in [1.165, 1.54) is 6.33 Å². The van der Waals surface area contributed by atoms with Gasteiger partial charge >= 0.3 is 0 Å². The van der Waals surface area contributed by atoms with Crippen LogP contribution in [-0.2, 0) is 4.74 Å². The highest BCUT2D eigenvalue weighted by atomic mass is 35.5. The van der Waals surface area contributed by atoms with Crippen LogP contribution in [0.25, 0.3) is 11.2 Å². The lowest BCUT2D eigenvalue weighted by Crippen LogP contribution is -2.41. The van der Waals surface area contributed by atoms with Crippen molar-refractivity contribution in [3.8, 4) is 12.3 Å². The van der Waals surface area contributed by atoms with E-state index in [0.717, 1.165) is 0 Å². The Kier molecular flexibility index (Phi) is 3.34. The molecule has 1 aliphatic rings. The molecule has 0 amide bonds. The van der Waals surface area contributed by atoms with Gasteiger partial charge in [-0.05, 0) is 18.5 Å². The van der Waals surface area contributed by atoms with Crippen LogP contribution < -0.4 is 0 Å². The van der Waals surface area contributed by atoms with Gasteiger partial charge in [0.2, 0.25) is 5.28 Å². The van der Waals surface area contributed by atoms with E-state index >= 15 is 0 Å². The average Bonchev–Trinajstić information content (AvgIpc) is 3.00. The molecule has 0 unspecified atom stereocenters. The van der Waals surface area contributed by atoms with Crippen LogP contribution in [0.2, 0.25) is 5.28 Å². The third-order valence-electron chi connectivity index (χ3n) is 3.67. The van der Waals surface area contributed by atoms with Crippen LogP contribution in [0.4, 0.5) is 0 Å². The molecule has 7 nitrogen and oxygen atoms in total. The van der Waals surface area contributed by atoms with Crippen molar-refractivity contribution in [2.45, 2.75) is 31.3 Å². The molecule has 3 heterocycles. The van der Waals surface area contributed by atoms with E-state index in [-0.39, 0.29) is 11.7 Å². The summed E-state index contributed by atoms with van der Waals surface area (Å²) in [5.74, 6) is 2.32. The second-order valence-corrected chi connectivity index (χ2v) is 5.26. The second kappa shape index (κ2) is 4.93. The molecule has 0 saturated carbocycles. The first-order valence-electron chi connectivity index (χ1n) is 6.32. The number of terminal acetylenes is 1. The average molecular weight is 309 g/mol. The smallest absolute Gasteiger partial charge is 0.224 e. The topological polar surface area (TPSA) is 93.3 Å². The number of halogens is 1. The van der Waals surface area contributed by atoms with Crippen LogP contribution >= 0.6 is 11.6 Å². The molecule has 3 atom stereocenters. The van der Waals surface area contributed by atoms with E-state index < -0.39 is 24.5 Å². The summed E-state index contributed by atoms with van der Waals surface area (Å²) in [5.41, 5.74) is 0.329. The highest BCUT2D eigenvalue weighted by molar-refractivity contribution is 6.28. The van der Waals surface area contributed by atoms with Gasteiger partial charge in [-0.15, -0.1) is 6.42 Å². The third kappa shape index (κ3) is 2.08. The maximum atomic E-state index is 10.1. The molecule has 8 heteroatoms. The number of aliphatic hydroxyl groups excluding tert-OH is 2. The highest BCUT2D eigenvalue weighted by Crippen LogP contribution is 2.37. The predicted octanol–water partition coefficient (Wildman–Crippen LogP) is 0.432. The number of ether oxygens (including phenoxy) is 1. The number of fused-ring (bicyclic) bond motifs is 1. The predicted molar refractivity (Wildman–Crippen MR) is 74.5 cm³/mol. The lowest BCUT2D eigenvalue weighted by atomic mass is 9.99. The summed E-state index contributed by atoms with van der Waals surface area (Å²) >= 11 is 5.87. The Balaban J connectivity index is 2.05. The van der Waals surface area contributed by atoms with Gasteiger partial charge < -0.3 is 14.9 Å². The summed E-state index contributed by atoms with van der Waals surface area (Å²) in [6.07, 6.45) is 5.57. The van der Waals surface area contributed by atoms with Crippen molar-refractivity contribution in [3.63, 3.8) is 0 Å². The minimum absolute atomic E-state index is 0.102. The number of aromatic nitrogens is 4. The minimum atomic E-state index is -1.41. The Morgan fingerprint density at radius 3 is 3.00 bits per heavy atom. The highest BCUT2D eigenvalue weighted by Gasteiger charge is 2.47. The van der Waals surface area contributed by atoms with Crippen LogP contribution in [0.5, 0.6) is 0 Å². The zero-order chi connectivity index (χ0) is 15.2. The van der Waals surface area contributed by atoms with Gasteiger partial charge in [0.15, 0.2) is 11.2 Å². The van der Waals surface area contributed by atoms with E-state index in [4.69, 9.17) is 22.8 Å². The van der Waals surface area contributed by atoms with Crippen molar-refractivity contribution < 1.29 is 14.9 Å². The molecule has 110 valence electrons. The second-order valence-electron chi connectivity index (χ2n) is 4.92. The molecule has 0 spiro atoms. The van der Waals surface area contributed by atoms with Crippen LogP contribution in [0.3, 0.4) is 0 Å². The normalized spacial score (nSPS) is 28.9. The summed E-state index contributed by atoms with van der Waals surface area (Å²) in [5, 5.41) is 19.6. The fraction of sp³-hybridized carbons (Fsp3) is 0.462. The third-order valence-corrected chi connectivity index (χ3v) is 3.84. The molecular formula is C13H13ClN4O3. The molecule has 0 bridgehead atoms. The van der Waals surface area contributed by atoms with Gasteiger partial charge in [0.05, 0.1) is 18.6 Å². The van der Waals surface area contributed by atoms with Crippen molar-refractivity contribution in [1.82, 2.24) is 19.5 Å². The van der Waals surface area contributed by atoms with Gasteiger partial charge in [0.25, 0.3) is 0 Å². The lowest BCUT2D eigenvalue weighted by molar-refractivity contribution is -0.0891. The minimum Gasteiger partial charge on any atom is -0.392 e. The zero-order valence-electron chi connectivity index (χ0n) is 11.2. The largest absolute Gasteiger partial charge is 0.392 e. The fourth-order valence-corrected chi connectivity index (χ4v) is 2.68. The summed E-state index contributed by atoms with van der Waals surface area (Å²) in [6, 6.07) is 0.